The second-order valence-corrected chi connectivity index (χ2v) is 8.31. The lowest BCUT2D eigenvalue weighted by Gasteiger charge is -2.37. The van der Waals surface area contributed by atoms with E-state index in [2.05, 4.69) is 27.4 Å². The van der Waals surface area contributed by atoms with Crippen LogP contribution in [-0.2, 0) is 0 Å². The third kappa shape index (κ3) is 4.82. The Hall–Kier alpha value is -2.67. The number of benzene rings is 3. The minimum Gasteiger partial charge on any atom is -0.366 e. The topological polar surface area (TPSA) is 47.6 Å². The van der Waals surface area contributed by atoms with Gasteiger partial charge in [-0.2, -0.15) is 0 Å². The molecule has 3 aromatic rings. The molecule has 1 saturated heterocycles. The number of hydrogen-bond acceptors (Lipinski definition) is 4. The molecule has 1 heterocycles. The van der Waals surface area contributed by atoms with E-state index < -0.39 is 0 Å². The molecule has 0 unspecified atom stereocenters. The van der Waals surface area contributed by atoms with Gasteiger partial charge in [0.15, 0.2) is 5.11 Å². The maximum Gasteiger partial charge on any atom is 0.258 e. The second kappa shape index (κ2) is 9.64. The SMILES string of the molecule is CCN1CCN(c2c(Cl)cccc2NC(=S)NC(=O)c2cccc3ccccc23)CC1. The molecule has 1 aliphatic rings. The molecule has 31 heavy (non-hydrogen) atoms. The highest BCUT2D eigenvalue weighted by atomic mass is 35.5. The van der Waals surface area contributed by atoms with Crippen molar-refractivity contribution in [2.45, 2.75) is 6.92 Å². The summed E-state index contributed by atoms with van der Waals surface area (Å²) in [6.07, 6.45) is 0. The van der Waals surface area contributed by atoms with Crippen LogP contribution in [-0.4, -0.2) is 48.6 Å². The molecule has 0 bridgehead atoms. The summed E-state index contributed by atoms with van der Waals surface area (Å²) < 4.78 is 0. The first-order valence-electron chi connectivity index (χ1n) is 10.4. The Kier molecular flexibility index (Phi) is 6.70. The summed E-state index contributed by atoms with van der Waals surface area (Å²) in [5.74, 6) is -0.241. The molecular formula is C24H25ClN4OS. The summed E-state index contributed by atoms with van der Waals surface area (Å²) >= 11 is 12.0. The van der Waals surface area contributed by atoms with Gasteiger partial charge in [-0.25, -0.2) is 0 Å². The maximum absolute atomic E-state index is 12.9. The fraction of sp³-hybridized carbons (Fsp3) is 0.250. The Labute approximate surface area is 193 Å². The molecule has 0 aromatic heterocycles. The minimum atomic E-state index is -0.241. The molecule has 1 amide bonds. The molecule has 0 aliphatic carbocycles. The molecule has 4 rings (SSSR count). The molecule has 7 heteroatoms. The van der Waals surface area contributed by atoms with Crippen LogP contribution in [0.25, 0.3) is 10.8 Å². The van der Waals surface area contributed by atoms with Crippen LogP contribution in [0, 0.1) is 0 Å². The van der Waals surface area contributed by atoms with Gasteiger partial charge in [0.05, 0.1) is 16.4 Å². The van der Waals surface area contributed by atoms with E-state index in [1.54, 1.807) is 6.07 Å². The van der Waals surface area contributed by atoms with Gasteiger partial charge in [-0.1, -0.05) is 61.0 Å². The van der Waals surface area contributed by atoms with E-state index in [0.29, 0.717) is 10.6 Å². The number of rotatable bonds is 4. The highest BCUT2D eigenvalue weighted by Crippen LogP contribution is 2.34. The first-order chi connectivity index (χ1) is 15.1. The molecule has 5 nitrogen and oxygen atoms in total. The van der Waals surface area contributed by atoms with Crippen molar-refractivity contribution in [1.82, 2.24) is 10.2 Å². The number of fused-ring (bicyclic) bond motifs is 1. The zero-order valence-corrected chi connectivity index (χ0v) is 19.0. The van der Waals surface area contributed by atoms with Crippen LogP contribution in [0.5, 0.6) is 0 Å². The highest BCUT2D eigenvalue weighted by molar-refractivity contribution is 7.80. The Morgan fingerprint density at radius 3 is 2.48 bits per heavy atom. The smallest absolute Gasteiger partial charge is 0.258 e. The van der Waals surface area contributed by atoms with Crippen molar-refractivity contribution in [3.05, 3.63) is 71.2 Å². The number of carbonyl (C=O) groups excluding carboxylic acids is 1. The van der Waals surface area contributed by atoms with Crippen LogP contribution in [0.1, 0.15) is 17.3 Å². The lowest BCUT2D eigenvalue weighted by molar-refractivity contribution is 0.0979. The quantitative estimate of drug-likeness (QED) is 0.559. The number of thiocarbonyl (C=S) groups is 1. The van der Waals surface area contributed by atoms with Crippen LogP contribution in [0.4, 0.5) is 11.4 Å². The normalized spacial score (nSPS) is 14.5. The van der Waals surface area contributed by atoms with E-state index in [-0.39, 0.29) is 11.0 Å². The summed E-state index contributed by atoms with van der Waals surface area (Å²) in [5.41, 5.74) is 2.30. The van der Waals surface area contributed by atoms with Gasteiger partial charge in [0.25, 0.3) is 5.91 Å². The Bertz CT molecular complexity index is 1110. The van der Waals surface area contributed by atoms with Crippen LogP contribution in [0.15, 0.2) is 60.7 Å². The van der Waals surface area contributed by atoms with Crippen molar-refractivity contribution >= 4 is 57.0 Å². The minimum absolute atomic E-state index is 0.241. The third-order valence-corrected chi connectivity index (χ3v) is 6.14. The Morgan fingerprint density at radius 2 is 1.71 bits per heavy atom. The van der Waals surface area contributed by atoms with Crippen molar-refractivity contribution in [2.75, 3.05) is 42.9 Å². The Balaban J connectivity index is 1.50. The van der Waals surface area contributed by atoms with Gasteiger partial charge in [-0.15, -0.1) is 0 Å². The summed E-state index contributed by atoms with van der Waals surface area (Å²) in [5, 5.41) is 8.81. The molecule has 1 aliphatic heterocycles. The van der Waals surface area contributed by atoms with Gasteiger partial charge >= 0.3 is 0 Å². The number of halogens is 1. The number of anilines is 2. The number of nitrogens with zero attached hydrogens (tertiary/aromatic N) is 2. The van der Waals surface area contributed by atoms with Gasteiger partial charge in [0, 0.05) is 31.7 Å². The number of amides is 1. The van der Waals surface area contributed by atoms with E-state index in [1.807, 2.05) is 54.6 Å². The summed E-state index contributed by atoms with van der Waals surface area (Å²) in [6.45, 7) is 6.98. The zero-order valence-electron chi connectivity index (χ0n) is 17.4. The molecule has 0 atom stereocenters. The van der Waals surface area contributed by atoms with Gasteiger partial charge in [-0.3, -0.25) is 10.1 Å². The second-order valence-electron chi connectivity index (χ2n) is 7.49. The van der Waals surface area contributed by atoms with Crippen molar-refractivity contribution in [1.29, 1.82) is 0 Å². The maximum atomic E-state index is 12.9. The van der Waals surface area contributed by atoms with Crippen molar-refractivity contribution in [2.24, 2.45) is 0 Å². The van der Waals surface area contributed by atoms with Crippen molar-refractivity contribution < 1.29 is 4.79 Å². The van der Waals surface area contributed by atoms with E-state index in [9.17, 15) is 4.79 Å². The molecule has 0 saturated carbocycles. The monoisotopic (exact) mass is 452 g/mol. The molecule has 2 N–H and O–H groups in total. The zero-order chi connectivity index (χ0) is 21.8. The molecule has 3 aromatic carbocycles. The van der Waals surface area contributed by atoms with Gasteiger partial charge < -0.3 is 15.1 Å². The van der Waals surface area contributed by atoms with Gasteiger partial charge in [-0.05, 0) is 47.7 Å². The third-order valence-electron chi connectivity index (χ3n) is 5.63. The number of piperazine rings is 1. The largest absolute Gasteiger partial charge is 0.366 e. The number of likely N-dealkylation sites (N-methyl/N-ethyl adjacent to an activating group) is 1. The average molecular weight is 453 g/mol. The fourth-order valence-electron chi connectivity index (χ4n) is 3.97. The molecule has 0 radical (unpaired) electrons. The molecule has 0 spiro atoms. The van der Waals surface area contributed by atoms with E-state index in [1.165, 1.54) is 0 Å². The number of nitrogens with one attached hydrogen (secondary N) is 2. The van der Waals surface area contributed by atoms with Gasteiger partial charge in [0.2, 0.25) is 0 Å². The van der Waals surface area contributed by atoms with E-state index in [0.717, 1.165) is 54.9 Å². The summed E-state index contributed by atoms with van der Waals surface area (Å²) in [6, 6.07) is 19.2. The lowest BCUT2D eigenvalue weighted by Crippen LogP contribution is -2.46. The molecule has 160 valence electrons. The van der Waals surface area contributed by atoms with Crippen LogP contribution in [0.3, 0.4) is 0 Å². The predicted molar refractivity (Wildman–Crippen MR) is 133 cm³/mol. The predicted octanol–water partition coefficient (Wildman–Crippen LogP) is 4.76. The molecular weight excluding hydrogens is 428 g/mol. The van der Waals surface area contributed by atoms with Gasteiger partial charge in [0.1, 0.15) is 0 Å². The average Bonchev–Trinajstić information content (AvgIpc) is 2.79. The van der Waals surface area contributed by atoms with Crippen LogP contribution < -0.4 is 15.5 Å². The van der Waals surface area contributed by atoms with Crippen molar-refractivity contribution in [3.63, 3.8) is 0 Å². The van der Waals surface area contributed by atoms with Crippen LogP contribution >= 0.6 is 23.8 Å². The Morgan fingerprint density at radius 1 is 1.00 bits per heavy atom. The first-order valence-corrected chi connectivity index (χ1v) is 11.2. The standard InChI is InChI=1S/C24H25ClN4OS/c1-2-28-13-15-29(16-14-28)22-20(25)11-6-12-21(22)26-24(31)27-23(30)19-10-5-8-17-7-3-4-9-18(17)19/h3-12H,2,13-16H2,1H3,(H2,26,27,30,31). The summed E-state index contributed by atoms with van der Waals surface area (Å²) in [7, 11) is 0. The van der Waals surface area contributed by atoms with E-state index >= 15 is 0 Å². The number of carbonyl (C=O) groups is 1. The summed E-state index contributed by atoms with van der Waals surface area (Å²) in [4.78, 5) is 17.6. The first kappa shape index (κ1) is 21.6. The number of para-hydroxylation sites is 1. The highest BCUT2D eigenvalue weighted by Gasteiger charge is 2.21. The lowest BCUT2D eigenvalue weighted by atomic mass is 10.0. The number of hydrogen-bond donors (Lipinski definition) is 2. The van der Waals surface area contributed by atoms with Crippen molar-refractivity contribution in [3.8, 4) is 0 Å². The van der Waals surface area contributed by atoms with E-state index in [4.69, 9.17) is 23.8 Å². The fourth-order valence-corrected chi connectivity index (χ4v) is 4.47. The van der Waals surface area contributed by atoms with Crippen LogP contribution in [0.2, 0.25) is 5.02 Å². The molecule has 1 fully saturated rings.